The van der Waals surface area contributed by atoms with Gasteiger partial charge in [0.2, 0.25) is 0 Å². The summed E-state index contributed by atoms with van der Waals surface area (Å²) in [5.74, 6) is 1.04. The Kier molecular flexibility index (Phi) is 13.8. The van der Waals surface area contributed by atoms with Crippen molar-refractivity contribution in [3.8, 4) is 61.7 Å². The average molecular weight is 1170 g/mol. The fourth-order valence-electron chi connectivity index (χ4n) is 11.1. The second-order valence-electron chi connectivity index (χ2n) is 23.0. The molecule has 12 rings (SSSR count). The number of para-hydroxylation sites is 2. The van der Waals surface area contributed by atoms with Gasteiger partial charge >= 0.3 is 0 Å². The molecule has 1 aliphatic carbocycles. The first-order valence-corrected chi connectivity index (χ1v) is 26.4. The summed E-state index contributed by atoms with van der Waals surface area (Å²) in [6, 6.07) is 65.6. The molecule has 76 heavy (non-hydrogen) atoms. The summed E-state index contributed by atoms with van der Waals surface area (Å²) in [6.45, 7) is 25.4. The summed E-state index contributed by atoms with van der Waals surface area (Å²) in [5.41, 5.74) is 21.4. The number of hydrogen-bond acceptors (Lipinski definition) is 3. The van der Waals surface area contributed by atoms with Gasteiger partial charge in [-0.15, -0.1) is 48.0 Å². The second-order valence-corrected chi connectivity index (χ2v) is 23.0. The van der Waals surface area contributed by atoms with E-state index in [9.17, 15) is 4.39 Å². The Labute approximate surface area is 461 Å². The molecule has 1 radical (unpaired) electrons. The fourth-order valence-corrected chi connectivity index (χ4v) is 11.1. The van der Waals surface area contributed by atoms with Crippen molar-refractivity contribution < 1.29 is 28.9 Å². The summed E-state index contributed by atoms with van der Waals surface area (Å²) in [6.07, 6.45) is 1.87. The van der Waals surface area contributed by atoms with Gasteiger partial charge < -0.3 is 14.0 Å². The van der Waals surface area contributed by atoms with Gasteiger partial charge in [-0.3, -0.25) is 9.37 Å². The molecule has 0 fully saturated rings. The number of halogens is 1. The second kappa shape index (κ2) is 20.0. The van der Waals surface area contributed by atoms with Crippen molar-refractivity contribution in [2.24, 2.45) is 0 Å². The minimum atomic E-state index is -0.278. The molecule has 0 saturated heterocycles. The predicted octanol–water partition coefficient (Wildman–Crippen LogP) is 19.2. The first-order valence-electron chi connectivity index (χ1n) is 26.4. The number of imidazole rings is 1. The van der Waals surface area contributed by atoms with Gasteiger partial charge in [0.05, 0.1) is 22.4 Å². The average Bonchev–Trinajstić information content (AvgIpc) is 3.99. The van der Waals surface area contributed by atoms with E-state index in [2.05, 4.69) is 237 Å². The number of furan rings is 1. The molecule has 383 valence electrons. The van der Waals surface area contributed by atoms with E-state index < -0.39 is 0 Å². The number of aromatic nitrogens is 3. The van der Waals surface area contributed by atoms with Crippen LogP contribution >= 0.6 is 0 Å². The molecular weight excluding hydrogens is 1110 g/mol. The standard InChI is InChI=1S/C55H49N2O.C15H15FN.Ir/c1-33(2)44-29-38(36-25-27-40-39-19-12-13-22-46(39)54(5,6)55(7,8)47(40)31-36)30-45(34(3)4)51(44)57-49-24-15-14-23-48(49)56-53(57)43-21-16-20-42-41-28-26-37(32-50(41)58-52(42)43)35-17-10-9-11-18-35;1-15(2,3)12-6-9-14(17-10-12)11-4-7-13(16)8-5-11;/h9-20,22-34H,1-8H3;4,6-10H,1-3H3;/q2*-1;. The van der Waals surface area contributed by atoms with Gasteiger partial charge in [0.25, 0.3) is 0 Å². The molecule has 0 atom stereocenters. The Bertz CT molecular complexity index is 3900. The first kappa shape index (κ1) is 52.2. The van der Waals surface area contributed by atoms with Crippen LogP contribution in [0.1, 0.15) is 116 Å². The Morgan fingerprint density at radius 3 is 1.95 bits per heavy atom. The zero-order valence-electron chi connectivity index (χ0n) is 45.4. The fraction of sp³-hybridized carbons (Fsp3) is 0.229. The summed E-state index contributed by atoms with van der Waals surface area (Å²) in [7, 11) is 0. The molecule has 11 aromatic rings. The van der Waals surface area contributed by atoms with Gasteiger partial charge in [0.1, 0.15) is 5.58 Å². The van der Waals surface area contributed by atoms with E-state index in [0.717, 1.165) is 66.7 Å². The van der Waals surface area contributed by atoms with E-state index in [1.807, 2.05) is 18.3 Å². The quantitative estimate of drug-likeness (QED) is 0.149. The molecule has 4 nitrogen and oxygen atoms in total. The topological polar surface area (TPSA) is 43.9 Å². The van der Waals surface area contributed by atoms with Crippen molar-refractivity contribution in [1.82, 2.24) is 14.5 Å². The van der Waals surface area contributed by atoms with Crippen molar-refractivity contribution in [3.63, 3.8) is 0 Å². The van der Waals surface area contributed by atoms with Crippen LogP contribution in [0, 0.1) is 17.9 Å². The van der Waals surface area contributed by atoms with E-state index in [1.165, 1.54) is 67.9 Å². The van der Waals surface area contributed by atoms with Crippen molar-refractivity contribution in [2.75, 3.05) is 0 Å². The summed E-state index contributed by atoms with van der Waals surface area (Å²) >= 11 is 0. The number of pyridine rings is 1. The molecule has 6 heteroatoms. The molecule has 3 heterocycles. The van der Waals surface area contributed by atoms with Gasteiger partial charge in [-0.1, -0.05) is 190 Å². The van der Waals surface area contributed by atoms with Crippen LogP contribution in [0.5, 0.6) is 0 Å². The molecule has 0 N–H and O–H groups in total. The Balaban J connectivity index is 0.000000311. The first-order chi connectivity index (χ1) is 35.9. The molecule has 3 aromatic heterocycles. The molecule has 1 aliphatic rings. The van der Waals surface area contributed by atoms with Crippen molar-refractivity contribution in [1.29, 1.82) is 0 Å². The SMILES string of the molecule is CC(C)(C)c1ccc(-c2[c-]cc(F)cc2)nc1.CC(C)c1cc(-c2ccc3c(c2)C(C)(C)C(C)(C)c2ccccc2-3)cc(C(C)C)c1-n1c(-c2[c-]ccc3c2oc2cc(-c4ccccc4)ccc23)nc2ccccc21.[Ir]. The maximum Gasteiger partial charge on any atom is 0.121 e. The van der Waals surface area contributed by atoms with E-state index in [1.54, 1.807) is 6.07 Å². The van der Waals surface area contributed by atoms with Gasteiger partial charge in [0.15, 0.2) is 0 Å². The van der Waals surface area contributed by atoms with Crippen LogP contribution in [0.2, 0.25) is 0 Å². The van der Waals surface area contributed by atoms with Crippen molar-refractivity contribution in [2.45, 2.75) is 104 Å². The number of fused-ring (bicyclic) bond motifs is 7. The van der Waals surface area contributed by atoms with Crippen molar-refractivity contribution >= 4 is 33.0 Å². The van der Waals surface area contributed by atoms with Crippen molar-refractivity contribution in [3.05, 3.63) is 222 Å². The smallest absolute Gasteiger partial charge is 0.121 e. The largest absolute Gasteiger partial charge is 0.501 e. The molecule has 8 aromatic carbocycles. The molecule has 0 bridgehead atoms. The molecule has 0 unspecified atom stereocenters. The zero-order valence-corrected chi connectivity index (χ0v) is 47.8. The van der Waals surface area contributed by atoms with Crippen LogP contribution in [0.15, 0.2) is 180 Å². The third-order valence-corrected chi connectivity index (χ3v) is 16.1. The van der Waals surface area contributed by atoms with Gasteiger partial charge in [0, 0.05) is 43.2 Å². The maximum absolute atomic E-state index is 12.8. The van der Waals surface area contributed by atoms with Gasteiger partial charge in [-0.25, -0.2) is 0 Å². The summed E-state index contributed by atoms with van der Waals surface area (Å²) in [5, 5.41) is 2.15. The Morgan fingerprint density at radius 1 is 0.605 bits per heavy atom. The maximum atomic E-state index is 12.8. The van der Waals surface area contributed by atoms with E-state index in [4.69, 9.17) is 9.40 Å². The monoisotopic (exact) mass is 1170 g/mol. The minimum Gasteiger partial charge on any atom is -0.501 e. The molecular formula is C70H64FIrN3O-2. The van der Waals surface area contributed by atoms with Crippen LogP contribution in [0.4, 0.5) is 4.39 Å². The van der Waals surface area contributed by atoms with E-state index in [0.29, 0.717) is 0 Å². The van der Waals surface area contributed by atoms with Gasteiger partial charge in [-0.05, 0) is 131 Å². The van der Waals surface area contributed by atoms with Crippen LogP contribution in [-0.2, 0) is 36.4 Å². The predicted molar refractivity (Wildman–Crippen MR) is 310 cm³/mol. The third kappa shape index (κ3) is 9.14. The third-order valence-electron chi connectivity index (χ3n) is 16.1. The Hall–Kier alpha value is -7.24. The summed E-state index contributed by atoms with van der Waals surface area (Å²) in [4.78, 5) is 9.79. The molecule has 0 saturated carbocycles. The Morgan fingerprint density at radius 2 is 1.26 bits per heavy atom. The summed E-state index contributed by atoms with van der Waals surface area (Å²) < 4.78 is 22.0. The van der Waals surface area contributed by atoms with Crippen LogP contribution in [0.3, 0.4) is 0 Å². The zero-order chi connectivity index (χ0) is 52.6. The van der Waals surface area contributed by atoms with E-state index in [-0.39, 0.29) is 54.0 Å². The van der Waals surface area contributed by atoms with E-state index >= 15 is 0 Å². The molecule has 0 amide bonds. The number of benzene rings is 8. The minimum absolute atomic E-state index is 0. The van der Waals surface area contributed by atoms with Crippen LogP contribution in [0.25, 0.3) is 94.7 Å². The number of rotatable bonds is 7. The normalized spacial score (nSPS) is 13.6. The van der Waals surface area contributed by atoms with Crippen LogP contribution < -0.4 is 0 Å². The molecule has 0 aliphatic heterocycles. The molecule has 0 spiro atoms. The number of hydrogen-bond donors (Lipinski definition) is 0. The van der Waals surface area contributed by atoms with Crippen LogP contribution in [-0.4, -0.2) is 14.5 Å². The number of nitrogens with zero attached hydrogens (tertiary/aromatic N) is 3. The van der Waals surface area contributed by atoms with Gasteiger partial charge in [-0.2, -0.15) is 0 Å².